The fourth-order valence-electron chi connectivity index (χ4n) is 2.56. The van der Waals surface area contributed by atoms with Crippen LogP contribution >= 0.6 is 11.6 Å². The fourth-order valence-corrected chi connectivity index (χ4v) is 2.73. The molecule has 9 nitrogen and oxygen atoms in total. The number of hydrazone groups is 1. The summed E-state index contributed by atoms with van der Waals surface area (Å²) in [5, 5.41) is 34.0. The van der Waals surface area contributed by atoms with E-state index in [1.165, 1.54) is 7.11 Å². The number of H-pyrrole nitrogens is 1. The van der Waals surface area contributed by atoms with Crippen molar-refractivity contribution in [2.24, 2.45) is 5.10 Å². The number of aromatic amines is 1. The Balaban J connectivity index is 2.06. The monoisotopic (exact) mass is 418 g/mol. The van der Waals surface area contributed by atoms with E-state index >= 15 is 0 Å². The van der Waals surface area contributed by atoms with Crippen LogP contribution in [-0.4, -0.2) is 56.9 Å². The van der Waals surface area contributed by atoms with Crippen molar-refractivity contribution in [1.29, 1.82) is 0 Å². The van der Waals surface area contributed by atoms with Crippen molar-refractivity contribution in [1.82, 2.24) is 9.97 Å². The van der Waals surface area contributed by atoms with E-state index in [1.807, 2.05) is 0 Å². The zero-order valence-corrected chi connectivity index (χ0v) is 16.1. The van der Waals surface area contributed by atoms with Crippen LogP contribution < -0.4 is 15.7 Å². The molecule has 0 radical (unpaired) electrons. The lowest BCUT2D eigenvalue weighted by atomic mass is 10.1. The topological polar surface area (TPSA) is 140 Å². The summed E-state index contributed by atoms with van der Waals surface area (Å²) < 4.78 is 5.08. The van der Waals surface area contributed by atoms with Gasteiger partial charge in [-0.25, -0.2) is 4.98 Å². The van der Waals surface area contributed by atoms with Crippen LogP contribution in [0.25, 0.3) is 11.0 Å². The summed E-state index contributed by atoms with van der Waals surface area (Å²) >= 11 is 5.98. The second-order valence-corrected chi connectivity index (χ2v) is 6.54. The van der Waals surface area contributed by atoms with Crippen LogP contribution in [0.5, 0.6) is 5.75 Å². The van der Waals surface area contributed by atoms with Crippen molar-refractivity contribution in [3.63, 3.8) is 0 Å². The van der Waals surface area contributed by atoms with E-state index in [4.69, 9.17) is 16.3 Å². The van der Waals surface area contributed by atoms with Crippen molar-refractivity contribution >= 4 is 34.0 Å². The first-order valence-corrected chi connectivity index (χ1v) is 8.95. The molecular formula is C19H19ClN4O5. The molecule has 0 bridgehead atoms. The standard InChI is InChI=1S/C19H19ClN4O5/c1-29-12-5-3-11(4-6-12)23-24-16(18(27)15(26)9-25)17-19(28)22-13-7-2-10(20)8-14(13)21-17/h2-8,15,18,23,25-27H,9H2,1H3,(H,22,28). The van der Waals surface area contributed by atoms with E-state index in [2.05, 4.69) is 20.5 Å². The largest absolute Gasteiger partial charge is 0.497 e. The lowest BCUT2D eigenvalue weighted by Gasteiger charge is -2.17. The molecule has 10 heteroatoms. The third-order valence-electron chi connectivity index (χ3n) is 4.13. The second-order valence-electron chi connectivity index (χ2n) is 6.11. The molecule has 2 unspecified atom stereocenters. The van der Waals surface area contributed by atoms with Gasteiger partial charge in [0, 0.05) is 5.02 Å². The van der Waals surface area contributed by atoms with Crippen molar-refractivity contribution in [3.8, 4) is 5.75 Å². The molecule has 0 fully saturated rings. The Bertz CT molecular complexity index is 1080. The van der Waals surface area contributed by atoms with Gasteiger partial charge in [-0.2, -0.15) is 5.10 Å². The minimum Gasteiger partial charge on any atom is -0.497 e. The van der Waals surface area contributed by atoms with E-state index in [0.717, 1.165) is 0 Å². The van der Waals surface area contributed by atoms with Crippen molar-refractivity contribution in [3.05, 3.63) is 63.5 Å². The molecular weight excluding hydrogens is 400 g/mol. The predicted octanol–water partition coefficient (Wildman–Crippen LogP) is 1.12. The summed E-state index contributed by atoms with van der Waals surface area (Å²) in [7, 11) is 1.54. The number of nitrogens with zero attached hydrogens (tertiary/aromatic N) is 2. The van der Waals surface area contributed by atoms with Gasteiger partial charge in [0.15, 0.2) is 5.69 Å². The van der Waals surface area contributed by atoms with Gasteiger partial charge >= 0.3 is 0 Å². The first-order chi connectivity index (χ1) is 13.9. The first-order valence-electron chi connectivity index (χ1n) is 8.57. The van der Waals surface area contributed by atoms with Gasteiger partial charge in [0.1, 0.15) is 23.7 Å². The predicted molar refractivity (Wildman–Crippen MR) is 110 cm³/mol. The summed E-state index contributed by atoms with van der Waals surface area (Å²) in [6.07, 6.45) is -3.24. The summed E-state index contributed by atoms with van der Waals surface area (Å²) in [6, 6.07) is 11.5. The maximum absolute atomic E-state index is 12.5. The fraction of sp³-hybridized carbons (Fsp3) is 0.211. The van der Waals surface area contributed by atoms with Crippen molar-refractivity contribution in [2.45, 2.75) is 12.2 Å². The molecule has 0 aliphatic heterocycles. The molecule has 29 heavy (non-hydrogen) atoms. The molecule has 0 aliphatic rings. The number of aliphatic hydroxyl groups is 3. The van der Waals surface area contributed by atoms with Crippen LogP contribution in [0.2, 0.25) is 5.02 Å². The molecule has 1 heterocycles. The average molecular weight is 419 g/mol. The second kappa shape index (κ2) is 9.01. The molecule has 0 saturated carbocycles. The van der Waals surface area contributed by atoms with Crippen LogP contribution in [0, 0.1) is 0 Å². The first kappa shape index (κ1) is 20.7. The van der Waals surface area contributed by atoms with Gasteiger partial charge in [0.2, 0.25) is 0 Å². The van der Waals surface area contributed by atoms with Gasteiger partial charge < -0.3 is 25.0 Å². The maximum atomic E-state index is 12.5. The molecule has 5 N–H and O–H groups in total. The van der Waals surface area contributed by atoms with Gasteiger partial charge in [-0.3, -0.25) is 10.2 Å². The van der Waals surface area contributed by atoms with Gasteiger partial charge in [0.25, 0.3) is 5.56 Å². The third-order valence-corrected chi connectivity index (χ3v) is 4.36. The number of aromatic nitrogens is 2. The number of ether oxygens (including phenoxy) is 1. The van der Waals surface area contributed by atoms with Crippen LogP contribution in [0.3, 0.4) is 0 Å². The summed E-state index contributed by atoms with van der Waals surface area (Å²) in [4.78, 5) is 19.4. The summed E-state index contributed by atoms with van der Waals surface area (Å²) in [5.74, 6) is 0.639. The van der Waals surface area contributed by atoms with Gasteiger partial charge in [-0.15, -0.1) is 0 Å². The average Bonchev–Trinajstić information content (AvgIpc) is 2.74. The number of nitrogens with one attached hydrogen (secondary N) is 2. The number of methoxy groups -OCH3 is 1. The number of halogens is 1. The zero-order chi connectivity index (χ0) is 21.0. The van der Waals surface area contributed by atoms with Gasteiger partial charge in [0.05, 0.1) is 30.4 Å². The van der Waals surface area contributed by atoms with E-state index in [9.17, 15) is 20.1 Å². The minimum absolute atomic E-state index is 0.222. The molecule has 2 atom stereocenters. The molecule has 0 spiro atoms. The Morgan fingerprint density at radius 1 is 1.28 bits per heavy atom. The van der Waals surface area contributed by atoms with Gasteiger partial charge in [-0.05, 0) is 42.5 Å². The number of anilines is 1. The lowest BCUT2D eigenvalue weighted by molar-refractivity contribution is 0.0185. The third kappa shape index (κ3) is 4.72. The molecule has 1 aromatic heterocycles. The number of hydrogen-bond donors (Lipinski definition) is 5. The number of aliphatic hydroxyl groups excluding tert-OH is 3. The van der Waals surface area contributed by atoms with Crippen LogP contribution in [-0.2, 0) is 0 Å². The van der Waals surface area contributed by atoms with Gasteiger partial charge in [-0.1, -0.05) is 11.6 Å². The highest BCUT2D eigenvalue weighted by atomic mass is 35.5. The Morgan fingerprint density at radius 2 is 2.00 bits per heavy atom. The molecule has 3 aromatic rings. The molecule has 3 rings (SSSR count). The Hall–Kier alpha value is -2.98. The van der Waals surface area contributed by atoms with Crippen molar-refractivity contribution in [2.75, 3.05) is 19.1 Å². The lowest BCUT2D eigenvalue weighted by Crippen LogP contribution is -2.40. The van der Waals surface area contributed by atoms with Crippen molar-refractivity contribution < 1.29 is 20.1 Å². The van der Waals surface area contributed by atoms with E-state index in [-0.39, 0.29) is 11.4 Å². The Kier molecular flexibility index (Phi) is 6.45. The number of fused-ring (bicyclic) bond motifs is 1. The molecule has 0 saturated heterocycles. The molecule has 2 aromatic carbocycles. The number of hydrogen-bond acceptors (Lipinski definition) is 8. The quantitative estimate of drug-likeness (QED) is 0.286. The Labute approximate surface area is 170 Å². The highest BCUT2D eigenvalue weighted by molar-refractivity contribution is 6.31. The van der Waals surface area contributed by atoms with Crippen LogP contribution in [0.1, 0.15) is 5.69 Å². The maximum Gasteiger partial charge on any atom is 0.276 e. The van der Waals surface area contributed by atoms with E-state index in [1.54, 1.807) is 42.5 Å². The zero-order valence-electron chi connectivity index (χ0n) is 15.3. The number of rotatable bonds is 7. The van der Waals surface area contributed by atoms with Crippen LogP contribution in [0.4, 0.5) is 5.69 Å². The smallest absolute Gasteiger partial charge is 0.276 e. The van der Waals surface area contributed by atoms with E-state index < -0.39 is 24.4 Å². The molecule has 0 aliphatic carbocycles. The Morgan fingerprint density at radius 3 is 2.66 bits per heavy atom. The highest BCUT2D eigenvalue weighted by Gasteiger charge is 2.27. The summed E-state index contributed by atoms with van der Waals surface area (Å²) in [5.41, 5.74) is 2.96. The molecule has 152 valence electrons. The van der Waals surface area contributed by atoms with Crippen LogP contribution in [0.15, 0.2) is 52.4 Å². The normalized spacial score (nSPS) is 13.9. The SMILES string of the molecule is COc1ccc(NN=C(c2nc3cc(Cl)ccc3[nH]c2=O)C(O)C(O)CO)cc1. The van der Waals surface area contributed by atoms with E-state index in [0.29, 0.717) is 27.5 Å². The summed E-state index contributed by atoms with van der Waals surface area (Å²) in [6.45, 7) is -0.736. The highest BCUT2D eigenvalue weighted by Crippen LogP contribution is 2.17. The molecule has 0 amide bonds. The number of benzene rings is 2. The minimum atomic E-state index is -1.67.